The summed E-state index contributed by atoms with van der Waals surface area (Å²) in [5.41, 5.74) is 5.09. The van der Waals surface area contributed by atoms with Gasteiger partial charge < -0.3 is 23.7 Å². The summed E-state index contributed by atoms with van der Waals surface area (Å²) in [5.74, 6) is 13.1. The molecular weight excluding hydrogens is 500 g/mol. The van der Waals surface area contributed by atoms with Crippen molar-refractivity contribution in [2.45, 2.75) is 13.8 Å². The minimum absolute atomic E-state index is 0.826. The van der Waals surface area contributed by atoms with Gasteiger partial charge in [-0.25, -0.2) is 0 Å². The van der Waals surface area contributed by atoms with E-state index in [1.807, 2.05) is 98.8 Å². The number of methoxy groups -OCH3 is 5. The predicted octanol–water partition coefficient (Wildman–Crippen LogP) is 7.10. The number of hydrogen-bond donors (Lipinski definition) is 0. The normalized spacial score (nSPS) is 9.15. The average molecular weight is 537 g/mol. The molecule has 0 aliphatic heterocycles. The van der Waals surface area contributed by atoms with Gasteiger partial charge in [0.2, 0.25) is 0 Å². The third-order valence-electron chi connectivity index (χ3n) is 5.74. The van der Waals surface area contributed by atoms with Crippen molar-refractivity contribution in [3.8, 4) is 52.9 Å². The van der Waals surface area contributed by atoms with Gasteiger partial charge in [0.25, 0.3) is 0 Å². The number of hydrogen-bond acceptors (Lipinski definition) is 5. The Kier molecular flexibility index (Phi) is 13.1. The molecule has 5 nitrogen and oxygen atoms in total. The molecule has 0 spiro atoms. The van der Waals surface area contributed by atoms with Gasteiger partial charge in [0.1, 0.15) is 28.7 Å². The molecule has 0 heterocycles. The molecule has 206 valence electrons. The van der Waals surface area contributed by atoms with E-state index in [-0.39, 0.29) is 0 Å². The van der Waals surface area contributed by atoms with Crippen LogP contribution in [0.5, 0.6) is 28.7 Å². The van der Waals surface area contributed by atoms with Crippen LogP contribution in [0.1, 0.15) is 27.8 Å². The molecule has 0 aliphatic rings. The molecule has 0 aromatic heterocycles. The Hall–Kier alpha value is -5.00. The highest BCUT2D eigenvalue weighted by atomic mass is 16.5. The fraction of sp³-hybridized carbons (Fsp3) is 0.200. The van der Waals surface area contributed by atoms with Crippen LogP contribution in [-0.2, 0) is 0 Å². The second-order valence-electron chi connectivity index (χ2n) is 8.37. The summed E-state index contributed by atoms with van der Waals surface area (Å²) in [4.78, 5) is 0. The summed E-state index contributed by atoms with van der Waals surface area (Å²) in [6, 6.07) is 26.7. The molecule has 0 N–H and O–H groups in total. The molecule has 4 aromatic rings. The van der Waals surface area contributed by atoms with E-state index in [0.29, 0.717) is 0 Å². The van der Waals surface area contributed by atoms with Crippen molar-refractivity contribution < 1.29 is 23.7 Å². The van der Waals surface area contributed by atoms with Crippen molar-refractivity contribution >= 4 is 0 Å². The van der Waals surface area contributed by atoms with Crippen LogP contribution in [0.3, 0.4) is 0 Å². The molecule has 0 bridgehead atoms. The topological polar surface area (TPSA) is 46.2 Å². The molecule has 0 saturated carbocycles. The summed E-state index contributed by atoms with van der Waals surface area (Å²) in [5, 5.41) is 0. The fourth-order valence-electron chi connectivity index (χ4n) is 3.33. The van der Waals surface area contributed by atoms with Crippen LogP contribution in [0.25, 0.3) is 0 Å². The van der Waals surface area contributed by atoms with Crippen LogP contribution in [-0.4, -0.2) is 35.5 Å². The number of ether oxygens (including phenoxy) is 5. The maximum absolute atomic E-state index is 5.18. The Morgan fingerprint density at radius 1 is 0.475 bits per heavy atom. The first-order chi connectivity index (χ1) is 19.4. The SMILES string of the molecule is C#Cc1ccc(OC)cc1.COc1ccc(C#Cc2ccc(OC)cc2C)cc1.COc1ccc(C)c(OC)c1. The summed E-state index contributed by atoms with van der Waals surface area (Å²) in [7, 11) is 8.25. The van der Waals surface area contributed by atoms with Crippen molar-refractivity contribution in [3.05, 3.63) is 113 Å². The van der Waals surface area contributed by atoms with Gasteiger partial charge >= 0.3 is 0 Å². The average Bonchev–Trinajstić information content (AvgIpc) is 3.01. The Morgan fingerprint density at radius 2 is 0.950 bits per heavy atom. The van der Waals surface area contributed by atoms with E-state index in [1.165, 1.54) is 0 Å². The van der Waals surface area contributed by atoms with E-state index in [2.05, 4.69) is 17.8 Å². The van der Waals surface area contributed by atoms with Gasteiger partial charge in [-0.05, 0) is 97.8 Å². The minimum atomic E-state index is 0.826. The van der Waals surface area contributed by atoms with Crippen molar-refractivity contribution in [1.82, 2.24) is 0 Å². The zero-order chi connectivity index (χ0) is 29.3. The maximum atomic E-state index is 5.18. The summed E-state index contributed by atoms with van der Waals surface area (Å²) >= 11 is 0. The van der Waals surface area contributed by atoms with Crippen LogP contribution in [0.15, 0.2) is 84.9 Å². The summed E-state index contributed by atoms with van der Waals surface area (Å²) in [6.45, 7) is 4.03. The molecule has 0 unspecified atom stereocenters. The van der Waals surface area contributed by atoms with Gasteiger partial charge in [-0.2, -0.15) is 0 Å². The lowest BCUT2D eigenvalue weighted by atomic mass is 10.1. The van der Waals surface area contributed by atoms with Gasteiger partial charge in [0, 0.05) is 22.8 Å². The second-order valence-corrected chi connectivity index (χ2v) is 8.37. The van der Waals surface area contributed by atoms with Crippen LogP contribution < -0.4 is 23.7 Å². The molecule has 0 aliphatic carbocycles. The van der Waals surface area contributed by atoms with Gasteiger partial charge in [-0.3, -0.25) is 0 Å². The predicted molar refractivity (Wildman–Crippen MR) is 162 cm³/mol. The van der Waals surface area contributed by atoms with E-state index in [9.17, 15) is 0 Å². The molecule has 0 radical (unpaired) electrons. The molecule has 4 rings (SSSR count). The zero-order valence-corrected chi connectivity index (χ0v) is 24.2. The third kappa shape index (κ3) is 10.0. The van der Waals surface area contributed by atoms with Crippen molar-refractivity contribution in [3.63, 3.8) is 0 Å². The number of terminal acetylenes is 1. The molecule has 4 aromatic carbocycles. The molecule has 5 heteroatoms. The molecular formula is C35H36O5. The van der Waals surface area contributed by atoms with Gasteiger partial charge in [-0.15, -0.1) is 6.42 Å². The van der Waals surface area contributed by atoms with E-state index >= 15 is 0 Å². The smallest absolute Gasteiger partial charge is 0.125 e. The Balaban J connectivity index is 0.000000228. The second kappa shape index (κ2) is 16.8. The molecule has 0 saturated heterocycles. The Morgan fingerprint density at radius 3 is 1.43 bits per heavy atom. The van der Waals surface area contributed by atoms with E-state index < -0.39 is 0 Å². The first-order valence-corrected chi connectivity index (χ1v) is 12.5. The van der Waals surface area contributed by atoms with Crippen molar-refractivity contribution in [2.24, 2.45) is 0 Å². The minimum Gasteiger partial charge on any atom is -0.497 e. The summed E-state index contributed by atoms with van der Waals surface area (Å²) < 4.78 is 25.4. The quantitative estimate of drug-likeness (QED) is 0.255. The highest BCUT2D eigenvalue weighted by molar-refractivity contribution is 5.49. The van der Waals surface area contributed by atoms with Gasteiger partial charge in [0.15, 0.2) is 0 Å². The van der Waals surface area contributed by atoms with E-state index in [4.69, 9.17) is 30.1 Å². The van der Waals surface area contributed by atoms with Crippen LogP contribution in [0.2, 0.25) is 0 Å². The molecule has 0 fully saturated rings. The maximum Gasteiger partial charge on any atom is 0.125 e. The Bertz CT molecular complexity index is 1440. The van der Waals surface area contributed by atoms with Gasteiger partial charge in [0.05, 0.1) is 35.5 Å². The fourth-order valence-corrected chi connectivity index (χ4v) is 3.33. The van der Waals surface area contributed by atoms with Crippen LogP contribution in [0, 0.1) is 38.0 Å². The number of aryl methyl sites for hydroxylation is 2. The zero-order valence-electron chi connectivity index (χ0n) is 24.2. The lowest BCUT2D eigenvalue weighted by Crippen LogP contribution is -1.88. The largest absolute Gasteiger partial charge is 0.497 e. The molecule has 0 atom stereocenters. The lowest BCUT2D eigenvalue weighted by molar-refractivity contribution is 0.392. The van der Waals surface area contributed by atoms with Gasteiger partial charge in [-0.1, -0.05) is 23.8 Å². The van der Waals surface area contributed by atoms with Crippen molar-refractivity contribution in [1.29, 1.82) is 0 Å². The Labute approximate surface area is 238 Å². The first kappa shape index (κ1) is 31.2. The number of rotatable bonds is 5. The van der Waals surface area contributed by atoms with Crippen LogP contribution >= 0.6 is 0 Å². The monoisotopic (exact) mass is 536 g/mol. The molecule has 0 amide bonds. The molecule has 40 heavy (non-hydrogen) atoms. The first-order valence-electron chi connectivity index (χ1n) is 12.5. The summed E-state index contributed by atoms with van der Waals surface area (Å²) in [6.07, 6.45) is 5.15. The van der Waals surface area contributed by atoms with Crippen molar-refractivity contribution in [2.75, 3.05) is 35.5 Å². The van der Waals surface area contributed by atoms with E-state index in [0.717, 1.165) is 56.6 Å². The highest BCUT2D eigenvalue weighted by Crippen LogP contribution is 2.23. The number of benzene rings is 4. The lowest BCUT2D eigenvalue weighted by Gasteiger charge is -2.05. The third-order valence-corrected chi connectivity index (χ3v) is 5.74. The van der Waals surface area contributed by atoms with Crippen LogP contribution in [0.4, 0.5) is 0 Å². The van der Waals surface area contributed by atoms with E-state index in [1.54, 1.807) is 35.5 Å². The standard InChI is InChI=1S/C17H16O2.C9H12O2.C9H8O/c1-13-12-17(19-3)11-8-15(13)7-4-14-5-9-16(18-2)10-6-14;1-7-4-5-8(10-2)6-9(7)11-3;1-3-8-4-6-9(10-2)7-5-8/h5-6,8-12H,1-3H3;4-6H,1-3H3;1,4-7H,2H3. The highest BCUT2D eigenvalue weighted by Gasteiger charge is 1.99.